The van der Waals surface area contributed by atoms with Crippen molar-refractivity contribution in [2.45, 2.75) is 56.5 Å². The van der Waals surface area contributed by atoms with Crippen LogP contribution in [0.15, 0.2) is 18.2 Å². The largest absolute Gasteiger partial charge is 0.472 e. The zero-order valence-corrected chi connectivity index (χ0v) is 24.8. The molecule has 2 aromatic carbocycles. The predicted octanol–water partition coefficient (Wildman–Crippen LogP) is 5.98. The number of halogens is 4. The molecule has 0 amide bonds. The lowest BCUT2D eigenvalue weighted by Crippen LogP contribution is -2.43. The molecule has 43 heavy (non-hydrogen) atoms. The van der Waals surface area contributed by atoms with Crippen molar-refractivity contribution in [1.29, 1.82) is 5.26 Å². The highest BCUT2D eigenvalue weighted by atomic mass is 35.5. The second-order valence-electron chi connectivity index (χ2n) is 11.7. The van der Waals surface area contributed by atoms with Gasteiger partial charge in [0.1, 0.15) is 41.3 Å². The third-order valence-electron chi connectivity index (χ3n) is 8.85. The molecule has 3 aliphatic heterocycles. The van der Waals surface area contributed by atoms with Crippen molar-refractivity contribution in [3.05, 3.63) is 40.4 Å². The van der Waals surface area contributed by atoms with Gasteiger partial charge in [0.05, 0.1) is 26.2 Å². The van der Waals surface area contributed by atoms with Crippen molar-refractivity contribution in [2.24, 2.45) is 0 Å². The van der Waals surface area contributed by atoms with Crippen LogP contribution in [0.3, 0.4) is 0 Å². The average molecular weight is 629 g/mol. The van der Waals surface area contributed by atoms with Gasteiger partial charge in [0.2, 0.25) is 5.88 Å². The van der Waals surface area contributed by atoms with Gasteiger partial charge in [-0.25, -0.2) is 13.2 Å². The fourth-order valence-electron chi connectivity index (χ4n) is 6.85. The van der Waals surface area contributed by atoms with E-state index in [0.717, 1.165) is 37.1 Å². The fourth-order valence-corrected chi connectivity index (χ4v) is 8.09. The summed E-state index contributed by atoms with van der Waals surface area (Å²) < 4.78 is 58.3. The Morgan fingerprint density at radius 1 is 1.33 bits per heavy atom. The first-order valence-corrected chi connectivity index (χ1v) is 15.4. The minimum Gasteiger partial charge on any atom is -0.472 e. The highest BCUT2D eigenvalue weighted by Gasteiger charge is 2.49. The van der Waals surface area contributed by atoms with Crippen LogP contribution in [-0.4, -0.2) is 65.0 Å². The molecule has 0 radical (unpaired) electrons. The smallest absolute Gasteiger partial charge is 0.320 e. The molecule has 5 heterocycles. The summed E-state index contributed by atoms with van der Waals surface area (Å²) in [6.07, 6.45) is 1.64. The average Bonchev–Trinajstić information content (AvgIpc) is 3.71. The molecule has 3 N–H and O–H groups in total. The Kier molecular flexibility index (Phi) is 7.04. The Morgan fingerprint density at radius 2 is 2.16 bits per heavy atom. The molecule has 3 aliphatic rings. The van der Waals surface area contributed by atoms with Crippen LogP contribution in [0.4, 0.5) is 18.2 Å². The SMILES string of the molecule is C[C@H]1C[C@H](Oc2nc(OC[C@@]34CCCN3C[C@H](F)C4)nc3c(F)c(-c4ccc(F)c5sc(N)c(C#N)c45)c(Cl)cc23)CN1. The molecule has 8 nitrogen and oxygen atoms in total. The first-order valence-electron chi connectivity index (χ1n) is 14.2. The van der Waals surface area contributed by atoms with Gasteiger partial charge in [-0.05, 0) is 44.0 Å². The standard InChI is InChI=1S/C30H28ClF3N6O2S/c1-14-7-16(11-37-14)42-28-18-8-20(31)23(17-3-4-21(33)26-22(17)19(10-35)27(36)43-26)24(34)25(18)38-29(39-28)41-13-30-5-2-6-40(30)12-15(32)9-30/h3-4,8,14-16,37H,2,5-7,9,11-13,36H2,1H3/t14-,15+,16-,30-/m0/s1. The number of alkyl halides is 1. The molecule has 3 fully saturated rings. The van der Waals surface area contributed by atoms with Crippen LogP contribution in [0.25, 0.3) is 32.1 Å². The van der Waals surface area contributed by atoms with Crippen molar-refractivity contribution >= 4 is 48.9 Å². The summed E-state index contributed by atoms with van der Waals surface area (Å²) in [5, 5.41) is 13.7. The molecule has 0 aliphatic carbocycles. The molecule has 0 saturated carbocycles. The fraction of sp³-hybridized carbons (Fsp3) is 0.433. The first-order chi connectivity index (χ1) is 20.7. The number of nitrogens with zero attached hydrogens (tertiary/aromatic N) is 4. The van der Waals surface area contributed by atoms with Crippen LogP contribution in [0.5, 0.6) is 11.9 Å². The number of ether oxygens (including phenoxy) is 2. The maximum absolute atomic E-state index is 16.7. The topological polar surface area (TPSA) is 109 Å². The number of rotatable bonds is 6. The number of nitriles is 1. The summed E-state index contributed by atoms with van der Waals surface area (Å²) in [4.78, 5) is 11.1. The minimum atomic E-state index is -0.934. The lowest BCUT2D eigenvalue weighted by atomic mass is 9.95. The normalized spacial score (nSPS) is 25.4. The van der Waals surface area contributed by atoms with Crippen molar-refractivity contribution in [3.63, 3.8) is 0 Å². The van der Waals surface area contributed by atoms with Gasteiger partial charge < -0.3 is 20.5 Å². The van der Waals surface area contributed by atoms with Gasteiger partial charge in [0.15, 0.2) is 5.82 Å². The Morgan fingerprint density at radius 3 is 2.93 bits per heavy atom. The summed E-state index contributed by atoms with van der Waals surface area (Å²) in [6, 6.07) is 6.23. The molecule has 4 aromatic rings. The van der Waals surface area contributed by atoms with Crippen LogP contribution in [0, 0.1) is 23.0 Å². The number of benzene rings is 2. The molecule has 0 bridgehead atoms. The van der Waals surface area contributed by atoms with E-state index in [0.29, 0.717) is 19.5 Å². The van der Waals surface area contributed by atoms with Crippen molar-refractivity contribution < 1.29 is 22.6 Å². The number of anilines is 1. The van der Waals surface area contributed by atoms with Crippen LogP contribution < -0.4 is 20.5 Å². The molecule has 224 valence electrons. The van der Waals surface area contributed by atoms with E-state index in [4.69, 9.17) is 26.8 Å². The van der Waals surface area contributed by atoms with E-state index in [-0.39, 0.29) is 78.3 Å². The second kappa shape index (κ2) is 10.7. The number of nitrogens with two attached hydrogens (primary N) is 1. The van der Waals surface area contributed by atoms with Crippen LogP contribution in [0.2, 0.25) is 5.02 Å². The summed E-state index contributed by atoms with van der Waals surface area (Å²) in [7, 11) is 0. The van der Waals surface area contributed by atoms with Crippen molar-refractivity contribution in [3.8, 4) is 29.1 Å². The number of aromatic nitrogens is 2. The maximum Gasteiger partial charge on any atom is 0.320 e. The molecule has 7 rings (SSSR count). The van der Waals surface area contributed by atoms with Crippen LogP contribution >= 0.6 is 22.9 Å². The quantitative estimate of drug-likeness (QED) is 0.268. The molecule has 0 spiro atoms. The summed E-state index contributed by atoms with van der Waals surface area (Å²) in [6.45, 7) is 3.94. The third kappa shape index (κ3) is 4.73. The Balaban J connectivity index is 1.37. The minimum absolute atomic E-state index is 0.00651. The number of nitrogen functional groups attached to an aromatic ring is 1. The van der Waals surface area contributed by atoms with E-state index in [1.165, 1.54) is 18.2 Å². The van der Waals surface area contributed by atoms with Gasteiger partial charge in [-0.15, -0.1) is 11.3 Å². The van der Waals surface area contributed by atoms with E-state index in [1.54, 1.807) is 0 Å². The van der Waals surface area contributed by atoms with Gasteiger partial charge in [0, 0.05) is 42.9 Å². The zero-order valence-electron chi connectivity index (χ0n) is 23.2. The zero-order chi connectivity index (χ0) is 30.0. The molecule has 4 atom stereocenters. The summed E-state index contributed by atoms with van der Waals surface area (Å²) in [5.74, 6) is -1.26. The number of nitrogens with one attached hydrogen (secondary N) is 1. The molecule has 2 aromatic heterocycles. The van der Waals surface area contributed by atoms with Gasteiger partial charge in [-0.2, -0.15) is 15.2 Å². The number of hydrogen-bond acceptors (Lipinski definition) is 9. The molecular weight excluding hydrogens is 601 g/mol. The second-order valence-corrected chi connectivity index (χ2v) is 13.1. The van der Waals surface area contributed by atoms with E-state index in [2.05, 4.69) is 20.2 Å². The van der Waals surface area contributed by atoms with Gasteiger partial charge in [-0.3, -0.25) is 4.90 Å². The van der Waals surface area contributed by atoms with Gasteiger partial charge >= 0.3 is 6.01 Å². The monoisotopic (exact) mass is 628 g/mol. The van der Waals surface area contributed by atoms with Crippen molar-refractivity contribution in [1.82, 2.24) is 20.2 Å². The molecule has 13 heteroatoms. The van der Waals surface area contributed by atoms with E-state index < -0.39 is 23.3 Å². The van der Waals surface area contributed by atoms with E-state index in [1.807, 2.05) is 13.0 Å². The molecule has 3 saturated heterocycles. The predicted molar refractivity (Wildman–Crippen MR) is 159 cm³/mol. The Labute approximate surface area is 254 Å². The first kappa shape index (κ1) is 28.4. The van der Waals surface area contributed by atoms with Crippen LogP contribution in [0.1, 0.15) is 38.2 Å². The molecule has 0 unspecified atom stereocenters. The third-order valence-corrected chi connectivity index (χ3v) is 10.2. The number of hydrogen-bond donors (Lipinski definition) is 2. The van der Waals surface area contributed by atoms with Crippen molar-refractivity contribution in [2.75, 3.05) is 32.0 Å². The maximum atomic E-state index is 16.7. The van der Waals surface area contributed by atoms with E-state index >= 15 is 4.39 Å². The lowest BCUT2D eigenvalue weighted by molar-refractivity contribution is 0.106. The van der Waals surface area contributed by atoms with E-state index in [9.17, 15) is 14.0 Å². The summed E-state index contributed by atoms with van der Waals surface area (Å²) in [5.41, 5.74) is 5.66. The highest BCUT2D eigenvalue weighted by Crippen LogP contribution is 2.46. The van der Waals surface area contributed by atoms with Gasteiger partial charge in [0.25, 0.3) is 0 Å². The highest BCUT2D eigenvalue weighted by molar-refractivity contribution is 7.23. The Bertz CT molecular complexity index is 1820. The van der Waals surface area contributed by atoms with Crippen LogP contribution in [-0.2, 0) is 0 Å². The molecular formula is C30H28ClF3N6O2S. The number of thiophene rings is 1. The Hall–Kier alpha value is -3.37. The number of fused-ring (bicyclic) bond motifs is 3. The lowest BCUT2D eigenvalue weighted by Gasteiger charge is -2.30. The summed E-state index contributed by atoms with van der Waals surface area (Å²) >= 11 is 7.63. The van der Waals surface area contributed by atoms with Gasteiger partial charge in [-0.1, -0.05) is 17.7 Å².